The molecule has 3 heterocycles. The summed E-state index contributed by atoms with van der Waals surface area (Å²) in [4.78, 5) is 26.9. The molecular weight excluding hydrogens is 416 g/mol. The average Bonchev–Trinajstić information content (AvgIpc) is 3.20. The van der Waals surface area contributed by atoms with Crippen molar-refractivity contribution in [3.8, 4) is 11.4 Å². The number of carbonyl (C=O) groups excluding carboxylic acids is 1. The molecule has 0 saturated heterocycles. The van der Waals surface area contributed by atoms with Crippen molar-refractivity contribution in [1.82, 2.24) is 35.4 Å². The minimum absolute atomic E-state index is 0. The molecule has 0 spiro atoms. The van der Waals surface area contributed by atoms with E-state index in [1.165, 1.54) is 12.5 Å². The summed E-state index contributed by atoms with van der Waals surface area (Å²) in [6.45, 7) is 3.99. The molecule has 33 heavy (non-hydrogen) atoms. The fourth-order valence-electron chi connectivity index (χ4n) is 3.50. The van der Waals surface area contributed by atoms with Crippen LogP contribution >= 0.6 is 0 Å². The van der Waals surface area contributed by atoms with Crippen LogP contribution in [0.25, 0.3) is 22.4 Å². The third-order valence-corrected chi connectivity index (χ3v) is 4.94. The van der Waals surface area contributed by atoms with Crippen molar-refractivity contribution in [2.45, 2.75) is 27.4 Å². The molecule has 3 aromatic heterocycles. The molecule has 9 nitrogen and oxygen atoms in total. The first-order chi connectivity index (χ1) is 15.6. The molecule has 0 unspecified atom stereocenters. The summed E-state index contributed by atoms with van der Waals surface area (Å²) in [6.07, 6.45) is 3.42. The maximum absolute atomic E-state index is 11.2. The van der Waals surface area contributed by atoms with E-state index in [1.807, 2.05) is 30.3 Å². The van der Waals surface area contributed by atoms with Gasteiger partial charge >= 0.3 is 0 Å². The van der Waals surface area contributed by atoms with E-state index in [4.69, 9.17) is 4.98 Å². The van der Waals surface area contributed by atoms with Gasteiger partial charge in [-0.1, -0.05) is 37.8 Å². The van der Waals surface area contributed by atoms with E-state index in [9.17, 15) is 4.79 Å². The molecule has 3 N–H and O–H groups in total. The van der Waals surface area contributed by atoms with Gasteiger partial charge in [-0.15, -0.1) is 0 Å². The van der Waals surface area contributed by atoms with Gasteiger partial charge in [-0.05, 0) is 24.7 Å². The second-order valence-electron chi connectivity index (χ2n) is 7.60. The summed E-state index contributed by atoms with van der Waals surface area (Å²) in [5.41, 5.74) is 3.62. The SMILES string of the molecule is C.CC(=O)NCCNc1nc(-c2ccncc2)nc2n[nH]c(CN(C)Cc3ccccc3)c12. The zero-order chi connectivity index (χ0) is 22.3. The van der Waals surface area contributed by atoms with Gasteiger partial charge in [0, 0.05) is 51.1 Å². The van der Waals surface area contributed by atoms with Gasteiger partial charge in [-0.2, -0.15) is 5.10 Å². The van der Waals surface area contributed by atoms with Gasteiger partial charge in [-0.3, -0.25) is 19.8 Å². The number of nitrogens with one attached hydrogen (secondary N) is 3. The highest BCUT2D eigenvalue weighted by Crippen LogP contribution is 2.27. The first-order valence-corrected chi connectivity index (χ1v) is 10.5. The van der Waals surface area contributed by atoms with Crippen LogP contribution < -0.4 is 10.6 Å². The van der Waals surface area contributed by atoms with Crippen molar-refractivity contribution >= 4 is 22.8 Å². The van der Waals surface area contributed by atoms with Crippen LogP contribution in [0.1, 0.15) is 25.6 Å². The molecule has 0 radical (unpaired) electrons. The number of H-pyrrole nitrogens is 1. The zero-order valence-corrected chi connectivity index (χ0v) is 18.2. The van der Waals surface area contributed by atoms with Gasteiger partial charge in [0.1, 0.15) is 5.82 Å². The van der Waals surface area contributed by atoms with E-state index >= 15 is 0 Å². The Morgan fingerprint density at radius 3 is 2.52 bits per heavy atom. The summed E-state index contributed by atoms with van der Waals surface area (Å²) in [6, 6.07) is 14.1. The van der Waals surface area contributed by atoms with Gasteiger partial charge < -0.3 is 10.6 Å². The van der Waals surface area contributed by atoms with E-state index in [1.54, 1.807) is 12.4 Å². The fourth-order valence-corrected chi connectivity index (χ4v) is 3.50. The van der Waals surface area contributed by atoms with Crippen LogP contribution in [0.15, 0.2) is 54.9 Å². The lowest BCUT2D eigenvalue weighted by Gasteiger charge is -2.16. The third-order valence-electron chi connectivity index (χ3n) is 4.94. The molecule has 172 valence electrons. The molecule has 0 saturated carbocycles. The Labute approximate surface area is 193 Å². The maximum Gasteiger partial charge on any atom is 0.216 e. The number of aromatic amines is 1. The number of pyridine rings is 1. The Kier molecular flexibility index (Phi) is 8.04. The topological polar surface area (TPSA) is 112 Å². The number of aromatic nitrogens is 5. The van der Waals surface area contributed by atoms with E-state index in [-0.39, 0.29) is 13.3 Å². The molecule has 0 fully saturated rings. The Bertz CT molecular complexity index is 1180. The Morgan fingerprint density at radius 2 is 1.79 bits per heavy atom. The van der Waals surface area contributed by atoms with Crippen LogP contribution in [-0.4, -0.2) is 56.1 Å². The average molecular weight is 447 g/mol. The highest BCUT2D eigenvalue weighted by atomic mass is 16.1. The number of hydrogen-bond donors (Lipinski definition) is 3. The fraction of sp³-hybridized carbons (Fsp3) is 0.292. The predicted molar refractivity (Wildman–Crippen MR) is 130 cm³/mol. The summed E-state index contributed by atoms with van der Waals surface area (Å²) in [5, 5.41) is 14.6. The van der Waals surface area contributed by atoms with E-state index in [0.717, 1.165) is 23.2 Å². The van der Waals surface area contributed by atoms with Crippen LogP contribution in [0, 0.1) is 0 Å². The van der Waals surface area contributed by atoms with Gasteiger partial charge in [0.15, 0.2) is 11.5 Å². The number of carbonyl (C=O) groups is 1. The minimum Gasteiger partial charge on any atom is -0.368 e. The molecule has 0 bridgehead atoms. The number of nitrogens with zero attached hydrogens (tertiary/aromatic N) is 5. The smallest absolute Gasteiger partial charge is 0.216 e. The molecule has 9 heteroatoms. The molecule has 0 atom stereocenters. The van der Waals surface area contributed by atoms with Crippen molar-refractivity contribution in [3.63, 3.8) is 0 Å². The van der Waals surface area contributed by atoms with E-state index < -0.39 is 0 Å². The van der Waals surface area contributed by atoms with Crippen molar-refractivity contribution in [2.75, 3.05) is 25.5 Å². The van der Waals surface area contributed by atoms with Crippen LogP contribution in [0.3, 0.4) is 0 Å². The van der Waals surface area contributed by atoms with Crippen molar-refractivity contribution < 1.29 is 4.79 Å². The molecular formula is C24H30N8O. The zero-order valence-electron chi connectivity index (χ0n) is 18.2. The van der Waals surface area contributed by atoms with E-state index in [0.29, 0.717) is 36.9 Å². The number of amides is 1. The van der Waals surface area contributed by atoms with Crippen molar-refractivity contribution in [1.29, 1.82) is 0 Å². The standard InChI is InChI=1S/C23H26N8O.CH4/c1-16(32)25-12-13-26-22-20-19(15-31(2)14-17-6-4-3-5-7-17)29-30-23(20)28-21(27-22)18-8-10-24-11-9-18;/h3-11H,12-15H2,1-2H3,(H,25,32)(H2,26,27,28,29,30);1H4. The van der Waals surface area contributed by atoms with Crippen LogP contribution in [0.5, 0.6) is 0 Å². The lowest BCUT2D eigenvalue weighted by Crippen LogP contribution is -2.26. The quantitative estimate of drug-likeness (QED) is 0.338. The monoisotopic (exact) mass is 446 g/mol. The molecule has 0 aliphatic rings. The second kappa shape index (κ2) is 11.1. The highest BCUT2D eigenvalue weighted by Gasteiger charge is 2.17. The normalized spacial score (nSPS) is 10.8. The molecule has 0 aliphatic heterocycles. The summed E-state index contributed by atoms with van der Waals surface area (Å²) in [5.74, 6) is 1.19. The highest BCUT2D eigenvalue weighted by molar-refractivity contribution is 5.90. The number of fused-ring (bicyclic) bond motifs is 1. The first-order valence-electron chi connectivity index (χ1n) is 10.5. The second-order valence-corrected chi connectivity index (χ2v) is 7.60. The Balaban J connectivity index is 0.00000306. The summed E-state index contributed by atoms with van der Waals surface area (Å²) < 4.78 is 0. The largest absolute Gasteiger partial charge is 0.368 e. The number of anilines is 1. The molecule has 1 amide bonds. The Hall–Kier alpha value is -3.85. The molecule has 4 aromatic rings. The molecule has 4 rings (SSSR count). The van der Waals surface area contributed by atoms with Gasteiger partial charge in [0.2, 0.25) is 5.91 Å². The van der Waals surface area contributed by atoms with Gasteiger partial charge in [0.05, 0.1) is 11.1 Å². The van der Waals surface area contributed by atoms with Crippen molar-refractivity contribution in [2.24, 2.45) is 0 Å². The first kappa shape index (κ1) is 23.8. The molecule has 0 aliphatic carbocycles. The predicted octanol–water partition coefficient (Wildman–Crippen LogP) is 3.23. The summed E-state index contributed by atoms with van der Waals surface area (Å²) >= 11 is 0. The lowest BCUT2D eigenvalue weighted by molar-refractivity contribution is -0.118. The van der Waals surface area contributed by atoms with Gasteiger partial charge in [0.25, 0.3) is 0 Å². The Morgan fingerprint density at radius 1 is 1.03 bits per heavy atom. The van der Waals surface area contributed by atoms with Crippen molar-refractivity contribution in [3.05, 3.63) is 66.1 Å². The van der Waals surface area contributed by atoms with Crippen LogP contribution in [0.4, 0.5) is 5.82 Å². The van der Waals surface area contributed by atoms with Crippen LogP contribution in [-0.2, 0) is 17.9 Å². The number of benzene rings is 1. The minimum atomic E-state index is -0.0661. The van der Waals surface area contributed by atoms with Crippen LogP contribution in [0.2, 0.25) is 0 Å². The molecule has 1 aromatic carbocycles. The summed E-state index contributed by atoms with van der Waals surface area (Å²) in [7, 11) is 2.07. The third kappa shape index (κ3) is 6.11. The van der Waals surface area contributed by atoms with E-state index in [2.05, 4.69) is 54.9 Å². The number of hydrogen-bond acceptors (Lipinski definition) is 7. The number of rotatable bonds is 9. The maximum atomic E-state index is 11.2. The lowest BCUT2D eigenvalue weighted by atomic mass is 10.2. The van der Waals surface area contributed by atoms with Gasteiger partial charge in [-0.25, -0.2) is 9.97 Å².